The van der Waals surface area contributed by atoms with E-state index >= 15 is 0 Å². The van der Waals surface area contributed by atoms with E-state index in [0.29, 0.717) is 12.8 Å². The first-order valence-electron chi connectivity index (χ1n) is 4.56. The molecule has 1 N–H and O–H groups in total. The summed E-state index contributed by atoms with van der Waals surface area (Å²) < 4.78 is 9.17. The number of hydrogen-bond donors (Lipinski definition) is 1. The minimum atomic E-state index is -0.644. The van der Waals surface area contributed by atoms with Crippen molar-refractivity contribution in [3.05, 3.63) is 0 Å². The van der Waals surface area contributed by atoms with Gasteiger partial charge in [-0.2, -0.15) is 0 Å². The van der Waals surface area contributed by atoms with Crippen molar-refractivity contribution in [2.45, 2.75) is 39.2 Å². The van der Waals surface area contributed by atoms with Crippen LogP contribution in [0.1, 0.15) is 33.1 Å². The normalized spacial score (nSPS) is 11.1. The first kappa shape index (κ1) is 17.6. The van der Waals surface area contributed by atoms with Gasteiger partial charge in [-0.15, -0.1) is 0 Å². The maximum atomic E-state index is 11.0. The second-order valence-electron chi connectivity index (χ2n) is 2.90. The van der Waals surface area contributed by atoms with Gasteiger partial charge in [-0.25, -0.2) is 0 Å². The van der Waals surface area contributed by atoms with Crippen LogP contribution in [0.3, 0.4) is 0 Å². The van der Waals surface area contributed by atoms with E-state index in [9.17, 15) is 9.59 Å². The topological polar surface area (TPSA) is 72.8 Å². The van der Waals surface area contributed by atoms with Gasteiger partial charge in [-0.1, -0.05) is 6.92 Å². The van der Waals surface area contributed by atoms with Crippen molar-refractivity contribution in [2.24, 2.45) is 0 Å². The molecule has 0 saturated carbocycles. The number of aliphatic hydroxyl groups is 1. The third-order valence-electron chi connectivity index (χ3n) is 1.47. The molecule has 5 nitrogen and oxygen atoms in total. The van der Waals surface area contributed by atoms with Crippen LogP contribution in [-0.2, 0) is 19.1 Å². The van der Waals surface area contributed by atoms with E-state index in [4.69, 9.17) is 9.84 Å². The van der Waals surface area contributed by atoms with Gasteiger partial charge in [0.1, 0.15) is 6.10 Å². The van der Waals surface area contributed by atoms with Gasteiger partial charge in [0.05, 0.1) is 6.42 Å². The average Bonchev–Trinajstić information content (AvgIpc) is 2.03. The minimum absolute atomic E-state index is 0. The van der Waals surface area contributed by atoms with E-state index in [0.717, 1.165) is 0 Å². The van der Waals surface area contributed by atoms with Crippen LogP contribution < -0.4 is 0 Å². The number of carbonyl (C=O) groups is 2. The Kier molecular flexibility index (Phi) is 12.5. The van der Waals surface area contributed by atoms with Crippen molar-refractivity contribution in [2.75, 3.05) is 6.79 Å². The summed E-state index contributed by atoms with van der Waals surface area (Å²) in [6.07, 6.45) is 0.523. The summed E-state index contributed by atoms with van der Waals surface area (Å²) in [6, 6.07) is 0. The Balaban J connectivity index is 0. The molecule has 0 rings (SSSR count). The first-order chi connectivity index (χ1) is 6.60. The van der Waals surface area contributed by atoms with Crippen molar-refractivity contribution in [1.29, 1.82) is 0 Å². The van der Waals surface area contributed by atoms with Crippen LogP contribution in [0.25, 0.3) is 0 Å². The second kappa shape index (κ2) is 10.7. The monoisotopic (exact) mass is 246 g/mol. The Morgan fingerprint density at radius 3 is 2.40 bits per heavy atom. The van der Waals surface area contributed by atoms with Crippen LogP contribution in [-0.4, -0.2) is 67.7 Å². The molecule has 1 unspecified atom stereocenters. The standard InChI is InChI=1S/C9H16O5.Ca.2H/c1-3-4-8(11)14-7(2)5-9(12)13-6-10;;;/h7,10H,3-6H2,1-2H3;;;. The van der Waals surface area contributed by atoms with Crippen LogP contribution in [0.5, 0.6) is 0 Å². The molecule has 0 radical (unpaired) electrons. The molecule has 0 bridgehead atoms. The van der Waals surface area contributed by atoms with E-state index in [1.54, 1.807) is 6.92 Å². The Hall–Kier alpha value is 0.160. The number of esters is 2. The summed E-state index contributed by atoms with van der Waals surface area (Å²) in [7, 11) is 0. The fraction of sp³-hybridized carbons (Fsp3) is 0.778. The van der Waals surface area contributed by atoms with Crippen molar-refractivity contribution in [3.8, 4) is 0 Å². The van der Waals surface area contributed by atoms with Crippen LogP contribution in [0.4, 0.5) is 0 Å². The summed E-state index contributed by atoms with van der Waals surface area (Å²) in [5.41, 5.74) is 0. The van der Waals surface area contributed by atoms with Gasteiger partial charge >= 0.3 is 49.7 Å². The Bertz CT molecular complexity index is 175. The molecule has 0 aliphatic rings. The van der Waals surface area contributed by atoms with Gasteiger partial charge in [0.15, 0.2) is 6.79 Å². The SMILES string of the molecule is CCCC(=O)OC(C)CC(=O)OCO.[CaH2]. The third-order valence-corrected chi connectivity index (χ3v) is 1.47. The van der Waals surface area contributed by atoms with Crippen LogP contribution in [0.2, 0.25) is 0 Å². The third kappa shape index (κ3) is 10.4. The summed E-state index contributed by atoms with van der Waals surface area (Å²) in [6.45, 7) is 2.83. The molecule has 0 saturated heterocycles. The number of ether oxygens (including phenoxy) is 2. The molecule has 1 atom stereocenters. The fourth-order valence-electron chi connectivity index (χ4n) is 0.895. The van der Waals surface area contributed by atoms with E-state index in [-0.39, 0.29) is 50.1 Å². The number of aliphatic hydroxyl groups excluding tert-OH is 1. The van der Waals surface area contributed by atoms with E-state index in [1.807, 2.05) is 6.92 Å². The molecule has 0 amide bonds. The molecule has 0 aliphatic carbocycles. The molecule has 0 aromatic heterocycles. The Labute approximate surface area is 119 Å². The number of carbonyl (C=O) groups excluding carboxylic acids is 2. The van der Waals surface area contributed by atoms with Crippen LogP contribution >= 0.6 is 0 Å². The zero-order valence-electron chi connectivity index (χ0n) is 8.49. The van der Waals surface area contributed by atoms with E-state index < -0.39 is 18.9 Å². The first-order valence-corrected chi connectivity index (χ1v) is 4.56. The molecule has 6 heteroatoms. The van der Waals surface area contributed by atoms with E-state index in [1.165, 1.54) is 0 Å². The van der Waals surface area contributed by atoms with Crippen molar-refractivity contribution >= 4 is 49.7 Å². The fourth-order valence-corrected chi connectivity index (χ4v) is 0.895. The van der Waals surface area contributed by atoms with Crippen LogP contribution in [0, 0.1) is 0 Å². The molecule has 0 spiro atoms. The maximum absolute atomic E-state index is 11.0. The van der Waals surface area contributed by atoms with Crippen molar-refractivity contribution in [1.82, 2.24) is 0 Å². The molecule has 0 aromatic carbocycles. The zero-order valence-corrected chi connectivity index (χ0v) is 8.49. The number of hydrogen-bond acceptors (Lipinski definition) is 5. The number of rotatable bonds is 6. The van der Waals surface area contributed by atoms with E-state index in [2.05, 4.69) is 4.74 Å². The van der Waals surface area contributed by atoms with Gasteiger partial charge in [0.25, 0.3) is 0 Å². The summed E-state index contributed by atoms with van der Waals surface area (Å²) in [5.74, 6) is -0.902. The van der Waals surface area contributed by atoms with Gasteiger partial charge in [-0.05, 0) is 13.3 Å². The quantitative estimate of drug-likeness (QED) is 0.395. The van der Waals surface area contributed by atoms with Gasteiger partial charge < -0.3 is 14.6 Å². The Morgan fingerprint density at radius 2 is 1.93 bits per heavy atom. The van der Waals surface area contributed by atoms with Gasteiger partial charge in [0, 0.05) is 6.42 Å². The van der Waals surface area contributed by atoms with Crippen LogP contribution in [0.15, 0.2) is 0 Å². The summed E-state index contributed by atoms with van der Waals surface area (Å²) in [5, 5.41) is 8.26. The van der Waals surface area contributed by atoms with Crippen molar-refractivity contribution < 1.29 is 24.2 Å². The second-order valence-corrected chi connectivity index (χ2v) is 2.90. The average molecular weight is 246 g/mol. The molecule has 0 heterocycles. The molecule has 0 aromatic rings. The molecular formula is C9H18CaO5. The molecule has 86 valence electrons. The molecule has 0 fully saturated rings. The summed E-state index contributed by atoms with van der Waals surface area (Å²) in [4.78, 5) is 21.8. The predicted octanol–water partition coefficient (Wildman–Crippen LogP) is -0.315. The van der Waals surface area contributed by atoms with Gasteiger partial charge in [-0.3, -0.25) is 9.59 Å². The molecule has 0 aliphatic heterocycles. The molecular weight excluding hydrogens is 228 g/mol. The zero-order chi connectivity index (χ0) is 11.0. The Morgan fingerprint density at radius 1 is 1.33 bits per heavy atom. The van der Waals surface area contributed by atoms with Gasteiger partial charge in [0.2, 0.25) is 0 Å². The van der Waals surface area contributed by atoms with Crippen molar-refractivity contribution in [3.63, 3.8) is 0 Å². The molecule has 15 heavy (non-hydrogen) atoms. The predicted molar refractivity (Wildman–Crippen MR) is 56.8 cm³/mol. The summed E-state index contributed by atoms with van der Waals surface area (Å²) >= 11 is 0.